The van der Waals surface area contributed by atoms with Gasteiger partial charge >= 0.3 is 0 Å². The molecular formula is C23H25NO5Si. The van der Waals surface area contributed by atoms with Crippen molar-refractivity contribution in [1.29, 1.82) is 0 Å². The number of ether oxygens (including phenoxy) is 1. The number of ketones is 2. The second-order valence-electron chi connectivity index (χ2n) is 8.78. The Balaban J connectivity index is 1.80. The third-order valence-corrected chi connectivity index (χ3v) is 6.39. The van der Waals surface area contributed by atoms with E-state index in [-0.39, 0.29) is 22.8 Å². The average Bonchev–Trinajstić information content (AvgIpc) is 2.70. The summed E-state index contributed by atoms with van der Waals surface area (Å²) in [4.78, 5) is 42.7. The molecule has 2 aliphatic rings. The highest BCUT2D eigenvalue weighted by atomic mass is 28.4. The van der Waals surface area contributed by atoms with Gasteiger partial charge in [-0.25, -0.2) is 0 Å². The number of pyridine rings is 1. The summed E-state index contributed by atoms with van der Waals surface area (Å²) in [5, 5.41) is 0. The van der Waals surface area contributed by atoms with Crippen LogP contribution in [-0.2, 0) is 9.16 Å². The fraction of sp³-hybridized carbons (Fsp3) is 0.348. The number of aromatic amines is 1. The molecule has 0 radical (unpaired) electrons. The van der Waals surface area contributed by atoms with Gasteiger partial charge in [0.15, 0.2) is 17.0 Å². The van der Waals surface area contributed by atoms with Gasteiger partial charge < -0.3 is 14.1 Å². The van der Waals surface area contributed by atoms with E-state index in [0.717, 1.165) is 5.56 Å². The van der Waals surface area contributed by atoms with Gasteiger partial charge in [0, 0.05) is 31.2 Å². The maximum Gasteiger partial charge on any atom is 0.241 e. The Hall–Kier alpha value is -2.77. The number of carbonyl (C=O) groups is 2. The quantitative estimate of drug-likeness (QED) is 0.756. The summed E-state index contributed by atoms with van der Waals surface area (Å²) in [5.74, 6) is -1.23. The number of hydrogen-bond acceptors (Lipinski definition) is 5. The summed E-state index contributed by atoms with van der Waals surface area (Å²) in [6, 6.07) is 10.7. The zero-order valence-corrected chi connectivity index (χ0v) is 18.5. The van der Waals surface area contributed by atoms with Crippen molar-refractivity contribution in [3.05, 3.63) is 69.7 Å². The van der Waals surface area contributed by atoms with Crippen LogP contribution in [0.3, 0.4) is 0 Å². The SMILES string of the molecule is CO[C@@H]1C=C(O[Si](C)(C)C)C[C@@H]2C(=O)c3[nH]c(-c4ccccc4)cc(=O)c3C(=O)[C@@H]21. The van der Waals surface area contributed by atoms with E-state index in [1.54, 1.807) is 6.08 Å². The molecule has 0 fully saturated rings. The fourth-order valence-electron chi connectivity index (χ4n) is 4.31. The van der Waals surface area contributed by atoms with Gasteiger partial charge in [-0.05, 0) is 31.3 Å². The summed E-state index contributed by atoms with van der Waals surface area (Å²) in [6.45, 7) is 6.19. The first-order chi connectivity index (χ1) is 14.2. The Morgan fingerprint density at radius 3 is 2.37 bits per heavy atom. The lowest BCUT2D eigenvalue weighted by Crippen LogP contribution is -2.48. The fourth-order valence-corrected chi connectivity index (χ4v) is 5.25. The number of hydrogen-bond donors (Lipinski definition) is 1. The molecule has 0 saturated carbocycles. The maximum atomic E-state index is 13.5. The Bertz CT molecular complexity index is 1100. The third-order valence-electron chi connectivity index (χ3n) is 5.52. The first-order valence-corrected chi connectivity index (χ1v) is 13.4. The Labute approximate surface area is 176 Å². The first kappa shape index (κ1) is 20.5. The van der Waals surface area contributed by atoms with Crippen LogP contribution in [0.25, 0.3) is 11.3 Å². The van der Waals surface area contributed by atoms with Gasteiger partial charge in [-0.1, -0.05) is 30.3 Å². The number of Topliss-reactive ketones (excluding diaryl/α,β-unsaturated/α-hetero) is 2. The molecule has 1 N–H and O–H groups in total. The summed E-state index contributed by atoms with van der Waals surface area (Å²) >= 11 is 0. The molecule has 1 aromatic carbocycles. The van der Waals surface area contributed by atoms with Crippen molar-refractivity contribution in [3.8, 4) is 11.3 Å². The molecule has 3 atom stereocenters. The lowest BCUT2D eigenvalue weighted by Gasteiger charge is -2.38. The van der Waals surface area contributed by atoms with E-state index < -0.39 is 31.7 Å². The Morgan fingerprint density at radius 2 is 1.73 bits per heavy atom. The summed E-state index contributed by atoms with van der Waals surface area (Å²) < 4.78 is 11.7. The highest BCUT2D eigenvalue weighted by molar-refractivity contribution is 6.70. The minimum Gasteiger partial charge on any atom is -0.547 e. The molecule has 30 heavy (non-hydrogen) atoms. The number of nitrogens with one attached hydrogen (secondary N) is 1. The maximum absolute atomic E-state index is 13.5. The number of fused-ring (bicyclic) bond motifs is 2. The predicted molar refractivity (Wildman–Crippen MR) is 116 cm³/mol. The number of allylic oxidation sites excluding steroid dienone is 1. The molecule has 2 aromatic rings. The zero-order valence-electron chi connectivity index (χ0n) is 17.5. The van der Waals surface area contributed by atoms with Crippen LogP contribution >= 0.6 is 0 Å². The molecule has 2 aliphatic carbocycles. The third kappa shape index (κ3) is 3.59. The van der Waals surface area contributed by atoms with Crippen LogP contribution in [0.2, 0.25) is 19.6 Å². The molecule has 1 heterocycles. The molecule has 156 valence electrons. The van der Waals surface area contributed by atoms with Crippen LogP contribution in [0, 0.1) is 11.8 Å². The van der Waals surface area contributed by atoms with E-state index in [1.807, 2.05) is 30.3 Å². The summed E-state index contributed by atoms with van der Waals surface area (Å²) in [7, 11) is -0.388. The van der Waals surface area contributed by atoms with Gasteiger partial charge in [0.05, 0.1) is 29.0 Å². The van der Waals surface area contributed by atoms with Crippen molar-refractivity contribution in [3.63, 3.8) is 0 Å². The number of methoxy groups -OCH3 is 1. The molecule has 0 bridgehead atoms. The second kappa shape index (κ2) is 7.48. The van der Waals surface area contributed by atoms with Gasteiger partial charge in [0.25, 0.3) is 0 Å². The van der Waals surface area contributed by atoms with E-state index in [2.05, 4.69) is 24.6 Å². The molecule has 0 amide bonds. The molecule has 0 unspecified atom stereocenters. The van der Waals surface area contributed by atoms with Gasteiger partial charge in [0.2, 0.25) is 8.32 Å². The highest BCUT2D eigenvalue weighted by Crippen LogP contribution is 2.40. The number of benzene rings is 1. The van der Waals surface area contributed by atoms with Crippen molar-refractivity contribution in [2.24, 2.45) is 11.8 Å². The number of rotatable bonds is 4. The van der Waals surface area contributed by atoms with E-state index >= 15 is 0 Å². The topological polar surface area (TPSA) is 85.5 Å². The van der Waals surface area contributed by atoms with Crippen LogP contribution in [0.15, 0.2) is 53.0 Å². The smallest absolute Gasteiger partial charge is 0.241 e. The van der Waals surface area contributed by atoms with Crippen molar-refractivity contribution in [1.82, 2.24) is 4.98 Å². The minimum atomic E-state index is -1.89. The molecule has 6 nitrogen and oxygen atoms in total. The van der Waals surface area contributed by atoms with E-state index in [1.165, 1.54) is 13.2 Å². The van der Waals surface area contributed by atoms with Gasteiger partial charge in [-0.2, -0.15) is 0 Å². The zero-order chi connectivity index (χ0) is 21.6. The standard InChI is InChI=1S/C23H25NO5Si/c1-28-18-11-14(29-30(2,3)4)10-15-19(18)23(27)20-17(25)12-16(24-21(20)22(15)26)13-8-6-5-7-9-13/h5-9,11-12,15,18-19H,10H2,1-4H3,(H,24,25)/t15-,18+,19-/m0/s1. The van der Waals surface area contributed by atoms with E-state index in [4.69, 9.17) is 9.16 Å². The normalized spacial score (nSPS) is 23.5. The number of H-pyrrole nitrogens is 1. The van der Waals surface area contributed by atoms with Crippen LogP contribution in [0.4, 0.5) is 0 Å². The van der Waals surface area contributed by atoms with Crippen molar-refractivity contribution < 1.29 is 18.8 Å². The van der Waals surface area contributed by atoms with Crippen molar-refractivity contribution in [2.45, 2.75) is 32.2 Å². The van der Waals surface area contributed by atoms with Gasteiger partial charge in [-0.15, -0.1) is 0 Å². The van der Waals surface area contributed by atoms with Crippen molar-refractivity contribution >= 4 is 19.9 Å². The summed E-state index contributed by atoms with van der Waals surface area (Å²) in [6.07, 6.45) is 1.52. The van der Waals surface area contributed by atoms with Crippen LogP contribution < -0.4 is 5.43 Å². The predicted octanol–water partition coefficient (Wildman–Crippen LogP) is 3.81. The number of aromatic nitrogens is 1. The van der Waals surface area contributed by atoms with Crippen molar-refractivity contribution in [2.75, 3.05) is 7.11 Å². The molecule has 1 aromatic heterocycles. The van der Waals surface area contributed by atoms with Crippen LogP contribution in [0.5, 0.6) is 0 Å². The van der Waals surface area contributed by atoms with Gasteiger partial charge in [0.1, 0.15) is 0 Å². The van der Waals surface area contributed by atoms with Crippen LogP contribution in [-0.4, -0.2) is 38.1 Å². The molecule has 7 heteroatoms. The Kier molecular flexibility index (Phi) is 5.11. The number of carbonyl (C=O) groups excluding carboxylic acids is 2. The van der Waals surface area contributed by atoms with E-state index in [9.17, 15) is 14.4 Å². The van der Waals surface area contributed by atoms with Gasteiger partial charge in [-0.3, -0.25) is 14.4 Å². The first-order valence-electron chi connectivity index (χ1n) is 10.0. The monoisotopic (exact) mass is 423 g/mol. The minimum absolute atomic E-state index is 0.0639. The lowest BCUT2D eigenvalue weighted by atomic mass is 9.69. The lowest BCUT2D eigenvalue weighted by molar-refractivity contribution is 0.0326. The Morgan fingerprint density at radius 1 is 1.03 bits per heavy atom. The van der Waals surface area contributed by atoms with E-state index in [0.29, 0.717) is 17.9 Å². The highest BCUT2D eigenvalue weighted by Gasteiger charge is 2.49. The molecule has 0 spiro atoms. The largest absolute Gasteiger partial charge is 0.547 e. The van der Waals surface area contributed by atoms with Crippen LogP contribution in [0.1, 0.15) is 27.3 Å². The molecule has 4 rings (SSSR count). The molecular weight excluding hydrogens is 398 g/mol. The summed E-state index contributed by atoms with van der Waals surface area (Å²) in [5.41, 5.74) is 0.887. The average molecular weight is 424 g/mol. The molecule has 0 aliphatic heterocycles. The molecule has 0 saturated heterocycles. The second-order valence-corrected chi connectivity index (χ2v) is 13.2.